The monoisotopic (exact) mass is 326 g/mol. The molecule has 0 spiro atoms. The minimum Gasteiger partial charge on any atom is -0.481 e. The average Bonchev–Trinajstić information content (AvgIpc) is 2.49. The van der Waals surface area contributed by atoms with Gasteiger partial charge in [-0.15, -0.1) is 0 Å². The topological polar surface area (TPSA) is 78.9 Å². The molecule has 2 N–H and O–H groups in total. The lowest BCUT2D eigenvalue weighted by Crippen LogP contribution is -2.46. The van der Waals surface area contributed by atoms with E-state index >= 15 is 0 Å². The van der Waals surface area contributed by atoms with Gasteiger partial charge in [-0.3, -0.25) is 4.79 Å². The smallest absolute Gasteiger partial charge is 0.317 e. The fourth-order valence-electron chi connectivity index (χ4n) is 2.26. The average molecular weight is 326 g/mol. The molecule has 0 radical (unpaired) electrons. The zero-order valence-electron chi connectivity index (χ0n) is 13.7. The maximum atomic E-state index is 13.9. The summed E-state index contributed by atoms with van der Waals surface area (Å²) < 4.78 is 19.2. The number of nitrogens with one attached hydrogen (secondary N) is 1. The molecule has 128 valence electrons. The fraction of sp³-hybridized carbons (Fsp3) is 0.500. The number of rotatable bonds is 7. The van der Waals surface area contributed by atoms with Crippen LogP contribution in [-0.2, 0) is 9.53 Å². The highest BCUT2D eigenvalue weighted by Gasteiger charge is 2.25. The molecule has 0 bridgehead atoms. The van der Waals surface area contributed by atoms with E-state index in [-0.39, 0.29) is 6.54 Å². The van der Waals surface area contributed by atoms with Crippen molar-refractivity contribution in [2.75, 3.05) is 20.7 Å². The number of methoxy groups -OCH3 is 1. The van der Waals surface area contributed by atoms with Gasteiger partial charge in [-0.2, -0.15) is 0 Å². The van der Waals surface area contributed by atoms with Gasteiger partial charge >= 0.3 is 12.0 Å². The van der Waals surface area contributed by atoms with Crippen LogP contribution in [0.2, 0.25) is 0 Å². The number of halogens is 1. The molecule has 0 saturated carbocycles. The van der Waals surface area contributed by atoms with Gasteiger partial charge in [0, 0.05) is 26.3 Å². The summed E-state index contributed by atoms with van der Waals surface area (Å²) in [6.45, 7) is 3.30. The first-order valence-electron chi connectivity index (χ1n) is 7.29. The molecule has 2 amide bonds. The number of nitrogens with zero attached hydrogens (tertiary/aromatic N) is 1. The number of urea groups is 1. The largest absolute Gasteiger partial charge is 0.481 e. The van der Waals surface area contributed by atoms with E-state index in [1.807, 2.05) is 0 Å². The number of hydrogen-bond acceptors (Lipinski definition) is 3. The number of carbonyl (C=O) groups excluding carboxylic acids is 1. The Morgan fingerprint density at radius 2 is 1.96 bits per heavy atom. The number of ether oxygens (including phenoxy) is 1. The third-order valence-corrected chi connectivity index (χ3v) is 3.59. The van der Waals surface area contributed by atoms with Crippen LogP contribution in [0.1, 0.15) is 25.5 Å². The Bertz CT molecular complexity index is 553. The van der Waals surface area contributed by atoms with E-state index in [0.29, 0.717) is 5.56 Å². The molecule has 0 aliphatic heterocycles. The molecule has 1 aromatic rings. The molecule has 6 nitrogen and oxygen atoms in total. The van der Waals surface area contributed by atoms with Crippen molar-refractivity contribution in [3.8, 4) is 0 Å². The number of aliphatic carboxylic acids is 1. The van der Waals surface area contributed by atoms with E-state index < -0.39 is 35.9 Å². The lowest BCUT2D eigenvalue weighted by molar-refractivity contribution is -0.141. The van der Waals surface area contributed by atoms with Crippen molar-refractivity contribution in [3.05, 3.63) is 35.6 Å². The first kappa shape index (κ1) is 18.9. The van der Waals surface area contributed by atoms with Gasteiger partial charge in [0.15, 0.2) is 0 Å². The summed E-state index contributed by atoms with van der Waals surface area (Å²) in [7, 11) is 2.95. The third kappa shape index (κ3) is 5.21. The molecule has 7 heteroatoms. The molecule has 23 heavy (non-hydrogen) atoms. The SMILES string of the molecule is COC(c1ccccc1F)C(C)NC(=O)N(C)CC(C)C(=O)O. The molecule has 1 aromatic carbocycles. The van der Waals surface area contributed by atoms with Crippen LogP contribution < -0.4 is 5.32 Å². The molecule has 0 aliphatic carbocycles. The predicted molar refractivity (Wildman–Crippen MR) is 83.6 cm³/mol. The minimum absolute atomic E-state index is 0.0746. The van der Waals surface area contributed by atoms with Crippen LogP contribution in [-0.4, -0.2) is 48.8 Å². The summed E-state index contributed by atoms with van der Waals surface area (Å²) in [6, 6.07) is 5.27. The highest BCUT2D eigenvalue weighted by molar-refractivity contribution is 5.76. The van der Waals surface area contributed by atoms with Crippen LogP contribution in [0.25, 0.3) is 0 Å². The molecule has 0 saturated heterocycles. The van der Waals surface area contributed by atoms with Crippen molar-refractivity contribution in [1.29, 1.82) is 0 Å². The maximum Gasteiger partial charge on any atom is 0.317 e. The van der Waals surface area contributed by atoms with Gasteiger partial charge in [0.2, 0.25) is 0 Å². The van der Waals surface area contributed by atoms with E-state index in [4.69, 9.17) is 9.84 Å². The maximum absolute atomic E-state index is 13.9. The Kier molecular flexibility index (Phi) is 6.96. The third-order valence-electron chi connectivity index (χ3n) is 3.59. The second-order valence-corrected chi connectivity index (χ2v) is 5.54. The molecule has 1 rings (SSSR count). The van der Waals surface area contributed by atoms with Crippen LogP contribution in [0.3, 0.4) is 0 Å². The Hall–Kier alpha value is -2.15. The van der Waals surface area contributed by atoms with Crippen LogP contribution in [0.4, 0.5) is 9.18 Å². The predicted octanol–water partition coefficient (Wildman–Crippen LogP) is 2.26. The number of carbonyl (C=O) groups is 2. The number of hydrogen-bond donors (Lipinski definition) is 2. The Morgan fingerprint density at radius 1 is 1.35 bits per heavy atom. The first-order valence-corrected chi connectivity index (χ1v) is 7.29. The van der Waals surface area contributed by atoms with Gasteiger partial charge in [0.25, 0.3) is 0 Å². The summed E-state index contributed by atoms with van der Waals surface area (Å²) in [4.78, 5) is 24.2. The van der Waals surface area contributed by atoms with Gasteiger partial charge in [-0.25, -0.2) is 9.18 Å². The van der Waals surface area contributed by atoms with E-state index in [1.54, 1.807) is 25.1 Å². The van der Waals surface area contributed by atoms with Crippen molar-refractivity contribution in [3.63, 3.8) is 0 Å². The normalized spacial score (nSPS) is 14.7. The van der Waals surface area contributed by atoms with Gasteiger partial charge in [0.05, 0.1) is 12.0 Å². The lowest BCUT2D eigenvalue weighted by Gasteiger charge is -2.27. The first-order chi connectivity index (χ1) is 10.8. The Labute approximate surface area is 135 Å². The summed E-state index contributed by atoms with van der Waals surface area (Å²) in [5.74, 6) is -2.06. The van der Waals surface area contributed by atoms with Crippen LogP contribution >= 0.6 is 0 Å². The lowest BCUT2D eigenvalue weighted by atomic mass is 10.0. The minimum atomic E-state index is -0.973. The van der Waals surface area contributed by atoms with Crippen LogP contribution in [0.5, 0.6) is 0 Å². The number of amides is 2. The molecule has 0 aliphatic rings. The summed E-state index contributed by atoms with van der Waals surface area (Å²) >= 11 is 0. The zero-order chi connectivity index (χ0) is 17.6. The quantitative estimate of drug-likeness (QED) is 0.805. The van der Waals surface area contributed by atoms with E-state index in [1.165, 1.54) is 32.0 Å². The molecule has 3 unspecified atom stereocenters. The van der Waals surface area contributed by atoms with E-state index in [0.717, 1.165) is 0 Å². The molecule has 0 heterocycles. The summed E-state index contributed by atoms with van der Waals surface area (Å²) in [5.41, 5.74) is 0.351. The highest BCUT2D eigenvalue weighted by atomic mass is 19.1. The van der Waals surface area contributed by atoms with E-state index in [2.05, 4.69) is 5.32 Å². The van der Waals surface area contributed by atoms with Crippen molar-refractivity contribution >= 4 is 12.0 Å². The van der Waals surface area contributed by atoms with Gasteiger partial charge in [0.1, 0.15) is 11.9 Å². The van der Waals surface area contributed by atoms with Crippen LogP contribution in [0.15, 0.2) is 24.3 Å². The van der Waals surface area contributed by atoms with Crippen molar-refractivity contribution in [2.45, 2.75) is 26.0 Å². The second-order valence-electron chi connectivity index (χ2n) is 5.54. The summed E-state index contributed by atoms with van der Waals surface area (Å²) in [5, 5.41) is 11.6. The van der Waals surface area contributed by atoms with Crippen molar-refractivity contribution in [1.82, 2.24) is 10.2 Å². The zero-order valence-corrected chi connectivity index (χ0v) is 13.7. The van der Waals surface area contributed by atoms with Gasteiger partial charge in [-0.1, -0.05) is 25.1 Å². The Morgan fingerprint density at radius 3 is 2.48 bits per heavy atom. The second kappa shape index (κ2) is 8.47. The molecule has 0 fully saturated rings. The molecule has 3 atom stereocenters. The number of benzene rings is 1. The van der Waals surface area contributed by atoms with E-state index in [9.17, 15) is 14.0 Å². The molecule has 0 aromatic heterocycles. The summed E-state index contributed by atoms with van der Waals surface area (Å²) in [6.07, 6.45) is -0.648. The Balaban J connectivity index is 2.73. The molecular weight excluding hydrogens is 303 g/mol. The fourth-order valence-corrected chi connectivity index (χ4v) is 2.26. The standard InChI is InChI=1S/C16H23FN2O4/c1-10(15(20)21)9-19(3)16(22)18-11(2)14(23-4)12-7-5-6-8-13(12)17/h5-8,10-11,14H,9H2,1-4H3,(H,18,22)(H,20,21). The highest BCUT2D eigenvalue weighted by Crippen LogP contribution is 2.23. The van der Waals surface area contributed by atoms with Crippen LogP contribution in [0, 0.1) is 11.7 Å². The van der Waals surface area contributed by atoms with Gasteiger partial charge < -0.3 is 20.1 Å². The number of carboxylic acid groups (broad SMARTS) is 1. The van der Waals surface area contributed by atoms with Crippen molar-refractivity contribution < 1.29 is 23.8 Å². The van der Waals surface area contributed by atoms with Gasteiger partial charge in [-0.05, 0) is 13.0 Å². The number of carboxylic acids is 1. The van der Waals surface area contributed by atoms with Crippen molar-refractivity contribution in [2.24, 2.45) is 5.92 Å². The molecular formula is C16H23FN2O4.